The van der Waals surface area contributed by atoms with Crippen molar-refractivity contribution in [3.63, 3.8) is 0 Å². The Labute approximate surface area is 228 Å². The zero-order valence-corrected chi connectivity index (χ0v) is 24.0. The first-order chi connectivity index (χ1) is 18.0. The van der Waals surface area contributed by atoms with E-state index in [2.05, 4.69) is 19.1 Å². The Hall–Kier alpha value is -2.25. The molecule has 2 saturated heterocycles. The van der Waals surface area contributed by atoms with Gasteiger partial charge in [0.1, 0.15) is 12.1 Å². The Kier molecular flexibility index (Phi) is 10.5. The number of carbonyl (C=O) groups is 3. The van der Waals surface area contributed by atoms with Crippen LogP contribution in [0.15, 0.2) is 30.3 Å². The molecule has 6 atom stereocenters. The zero-order chi connectivity index (χ0) is 28.0. The van der Waals surface area contributed by atoms with Crippen LogP contribution in [-0.2, 0) is 30.3 Å². The highest BCUT2D eigenvalue weighted by Gasteiger charge is 2.54. The second-order valence-electron chi connectivity index (χ2n) is 11.9. The molecule has 0 spiro atoms. The number of rotatable bonds is 9. The summed E-state index contributed by atoms with van der Waals surface area (Å²) >= 11 is 0. The number of nitrogens with zero attached hydrogens (tertiary/aromatic N) is 1. The molecular weight excluding hydrogens is 482 g/mol. The number of likely N-dealkylation sites (tertiary alicyclic amines) is 1. The van der Waals surface area contributed by atoms with Gasteiger partial charge in [-0.15, -0.1) is 0 Å². The standard InChI is InChI=1S/C31H47NO6/c1-7-24(19-23-13-9-8-10-14-23)27(21(4)5)37-29(34)25-15-11-12-18-32(25)30(35)31(36)28(33)22(6)16-17-26(38-31)20(2)3/h8-10,13-14,20-22,24-27,36H,7,11-12,15-19H2,1-6H3/t22-,24-,25+,26?,27+,31?/m1/s1. The molecule has 1 aromatic carbocycles. The van der Waals surface area contributed by atoms with Crippen LogP contribution in [0, 0.1) is 23.7 Å². The smallest absolute Gasteiger partial charge is 0.329 e. The van der Waals surface area contributed by atoms with Crippen LogP contribution in [0.3, 0.4) is 0 Å². The van der Waals surface area contributed by atoms with E-state index >= 15 is 0 Å². The minimum atomic E-state index is -2.59. The maximum absolute atomic E-state index is 13.8. The van der Waals surface area contributed by atoms with Crippen LogP contribution in [-0.4, -0.2) is 58.2 Å². The third kappa shape index (κ3) is 6.84. The monoisotopic (exact) mass is 529 g/mol. The number of amides is 1. The maximum Gasteiger partial charge on any atom is 0.329 e. The van der Waals surface area contributed by atoms with E-state index in [0.29, 0.717) is 25.7 Å². The van der Waals surface area contributed by atoms with Gasteiger partial charge in [0.05, 0.1) is 6.10 Å². The Morgan fingerprint density at radius 2 is 1.79 bits per heavy atom. The van der Waals surface area contributed by atoms with Gasteiger partial charge in [-0.3, -0.25) is 9.59 Å². The molecule has 0 bridgehead atoms. The summed E-state index contributed by atoms with van der Waals surface area (Å²) in [7, 11) is 0. The Bertz CT molecular complexity index is 947. The molecule has 1 amide bonds. The van der Waals surface area contributed by atoms with Crippen LogP contribution in [0.5, 0.6) is 0 Å². The van der Waals surface area contributed by atoms with E-state index in [1.54, 1.807) is 6.92 Å². The summed E-state index contributed by atoms with van der Waals surface area (Å²) in [5.41, 5.74) is 1.19. The van der Waals surface area contributed by atoms with Crippen molar-refractivity contribution >= 4 is 17.7 Å². The van der Waals surface area contributed by atoms with Gasteiger partial charge in [-0.05, 0) is 68.3 Å². The lowest BCUT2D eigenvalue weighted by Gasteiger charge is -2.40. The van der Waals surface area contributed by atoms with Gasteiger partial charge in [0.25, 0.3) is 5.91 Å². The molecule has 2 aliphatic heterocycles. The fraction of sp³-hybridized carbons (Fsp3) is 0.710. The van der Waals surface area contributed by atoms with Gasteiger partial charge in [-0.1, -0.05) is 71.9 Å². The Morgan fingerprint density at radius 3 is 2.39 bits per heavy atom. The van der Waals surface area contributed by atoms with Gasteiger partial charge in [0.2, 0.25) is 5.78 Å². The van der Waals surface area contributed by atoms with Gasteiger partial charge in [-0.2, -0.15) is 0 Å². The third-order valence-electron chi connectivity index (χ3n) is 8.30. The first-order valence-electron chi connectivity index (χ1n) is 14.5. The fourth-order valence-corrected chi connectivity index (χ4v) is 5.85. The number of aliphatic hydroxyl groups is 1. The molecule has 2 unspecified atom stereocenters. The molecule has 3 rings (SSSR count). The first-order valence-corrected chi connectivity index (χ1v) is 14.5. The number of ether oxygens (including phenoxy) is 2. The zero-order valence-electron chi connectivity index (χ0n) is 24.0. The lowest BCUT2D eigenvalue weighted by molar-refractivity contribution is -0.233. The predicted octanol–water partition coefficient (Wildman–Crippen LogP) is 4.93. The first kappa shape index (κ1) is 30.3. The van der Waals surface area contributed by atoms with Crippen molar-refractivity contribution in [1.82, 2.24) is 4.90 Å². The Balaban J connectivity index is 1.83. The average Bonchev–Trinajstić information content (AvgIpc) is 3.02. The van der Waals surface area contributed by atoms with Gasteiger partial charge < -0.3 is 19.5 Å². The highest BCUT2D eigenvalue weighted by atomic mass is 16.6. The van der Waals surface area contributed by atoms with E-state index in [4.69, 9.17) is 9.47 Å². The fourth-order valence-electron chi connectivity index (χ4n) is 5.85. The van der Waals surface area contributed by atoms with Crippen molar-refractivity contribution in [2.45, 2.75) is 111 Å². The van der Waals surface area contributed by atoms with Gasteiger partial charge in [0, 0.05) is 12.5 Å². The Morgan fingerprint density at radius 1 is 1.11 bits per heavy atom. The highest BCUT2D eigenvalue weighted by molar-refractivity contribution is 6.09. The molecule has 7 heteroatoms. The van der Waals surface area contributed by atoms with Crippen molar-refractivity contribution in [2.24, 2.45) is 23.7 Å². The maximum atomic E-state index is 13.8. The van der Waals surface area contributed by atoms with Crippen LogP contribution in [0.4, 0.5) is 0 Å². The minimum Gasteiger partial charge on any atom is -0.460 e. The number of hydrogen-bond acceptors (Lipinski definition) is 6. The molecule has 1 N–H and O–H groups in total. The van der Waals surface area contributed by atoms with Crippen molar-refractivity contribution in [3.8, 4) is 0 Å². The van der Waals surface area contributed by atoms with E-state index in [1.807, 2.05) is 45.9 Å². The highest BCUT2D eigenvalue weighted by Crippen LogP contribution is 2.34. The van der Waals surface area contributed by atoms with Crippen molar-refractivity contribution in [3.05, 3.63) is 35.9 Å². The van der Waals surface area contributed by atoms with Crippen LogP contribution < -0.4 is 0 Å². The van der Waals surface area contributed by atoms with Gasteiger partial charge >= 0.3 is 11.8 Å². The average molecular weight is 530 g/mol. The second kappa shape index (κ2) is 13.2. The van der Waals surface area contributed by atoms with Crippen molar-refractivity contribution in [1.29, 1.82) is 0 Å². The van der Waals surface area contributed by atoms with E-state index in [9.17, 15) is 19.5 Å². The molecule has 7 nitrogen and oxygen atoms in total. The lowest BCUT2D eigenvalue weighted by atomic mass is 9.86. The summed E-state index contributed by atoms with van der Waals surface area (Å²) in [5, 5.41) is 11.5. The van der Waals surface area contributed by atoms with Gasteiger partial charge in [-0.25, -0.2) is 4.79 Å². The third-order valence-corrected chi connectivity index (χ3v) is 8.30. The topological polar surface area (TPSA) is 93.1 Å². The normalized spacial score (nSPS) is 28.2. The van der Waals surface area contributed by atoms with E-state index in [0.717, 1.165) is 19.3 Å². The van der Waals surface area contributed by atoms with E-state index in [-0.39, 0.29) is 30.4 Å². The molecule has 0 aromatic heterocycles. The largest absolute Gasteiger partial charge is 0.460 e. The molecule has 2 fully saturated rings. The molecule has 212 valence electrons. The molecule has 38 heavy (non-hydrogen) atoms. The summed E-state index contributed by atoms with van der Waals surface area (Å²) < 4.78 is 12.1. The molecule has 2 aliphatic rings. The van der Waals surface area contributed by atoms with Gasteiger partial charge in [0.15, 0.2) is 0 Å². The van der Waals surface area contributed by atoms with Crippen molar-refractivity contribution < 1.29 is 29.0 Å². The molecule has 0 radical (unpaired) electrons. The summed E-state index contributed by atoms with van der Waals surface area (Å²) in [5.74, 6) is -4.80. The summed E-state index contributed by atoms with van der Waals surface area (Å²) in [4.78, 5) is 42.1. The molecular formula is C31H47NO6. The summed E-state index contributed by atoms with van der Waals surface area (Å²) in [6.45, 7) is 12.1. The number of benzene rings is 1. The van der Waals surface area contributed by atoms with Crippen LogP contribution in [0.25, 0.3) is 0 Å². The van der Waals surface area contributed by atoms with E-state index < -0.39 is 41.5 Å². The number of carbonyl (C=O) groups excluding carboxylic acids is 3. The number of Topliss-reactive ketones (excluding diaryl/α,β-unsaturated/α-hetero) is 1. The lowest BCUT2D eigenvalue weighted by Crippen LogP contribution is -2.62. The summed E-state index contributed by atoms with van der Waals surface area (Å²) in [6, 6.07) is 9.31. The number of piperidine rings is 1. The van der Waals surface area contributed by atoms with Crippen LogP contribution in [0.1, 0.15) is 85.6 Å². The minimum absolute atomic E-state index is 0.0249. The molecule has 0 saturated carbocycles. The van der Waals surface area contributed by atoms with Crippen LogP contribution >= 0.6 is 0 Å². The number of hydrogen-bond donors (Lipinski definition) is 1. The molecule has 0 aliphatic carbocycles. The molecule has 2 heterocycles. The number of esters is 1. The predicted molar refractivity (Wildman–Crippen MR) is 146 cm³/mol. The van der Waals surface area contributed by atoms with Crippen LogP contribution in [0.2, 0.25) is 0 Å². The van der Waals surface area contributed by atoms with Crippen molar-refractivity contribution in [2.75, 3.05) is 6.54 Å². The number of ketones is 1. The second-order valence-corrected chi connectivity index (χ2v) is 11.9. The molecule has 1 aromatic rings. The summed E-state index contributed by atoms with van der Waals surface area (Å²) in [6.07, 6.45) is 3.87. The quantitative estimate of drug-likeness (QED) is 0.360. The van der Waals surface area contributed by atoms with E-state index in [1.165, 1.54) is 10.5 Å². The SMILES string of the molecule is CC[C@H](Cc1ccccc1)[C@@H](OC(=O)[C@@H]1CCCCN1C(=O)C1(O)OC(C(C)C)CC[C@@H](C)C1=O)C(C)C.